The van der Waals surface area contributed by atoms with Crippen molar-refractivity contribution in [2.24, 2.45) is 0 Å². The van der Waals surface area contributed by atoms with E-state index in [4.69, 9.17) is 20.8 Å². The zero-order chi connectivity index (χ0) is 9.26. The Morgan fingerprint density at radius 1 is 1.69 bits per heavy atom. The van der Waals surface area contributed by atoms with Crippen LogP contribution in [0.2, 0.25) is 0 Å². The first-order valence-corrected chi connectivity index (χ1v) is 4.88. The number of hydrogen-bond acceptors (Lipinski definition) is 3. The molecular weight excluding hydrogens is 190 g/mol. The van der Waals surface area contributed by atoms with E-state index >= 15 is 0 Å². The summed E-state index contributed by atoms with van der Waals surface area (Å²) < 4.78 is 10.8. The summed E-state index contributed by atoms with van der Waals surface area (Å²) in [4.78, 5) is 4.11. The van der Waals surface area contributed by atoms with Crippen LogP contribution in [0.25, 0.3) is 0 Å². The Labute approximate surface area is 82.0 Å². The van der Waals surface area contributed by atoms with E-state index in [0.29, 0.717) is 11.8 Å². The minimum atomic E-state index is -0.156. The summed E-state index contributed by atoms with van der Waals surface area (Å²) in [5.41, 5.74) is 0. The van der Waals surface area contributed by atoms with Crippen molar-refractivity contribution in [3.63, 3.8) is 0 Å². The molecule has 1 saturated heterocycles. The Hall–Kier alpha value is -0.540. The van der Waals surface area contributed by atoms with Crippen molar-refractivity contribution in [2.75, 3.05) is 13.2 Å². The van der Waals surface area contributed by atoms with Gasteiger partial charge in [0.1, 0.15) is 11.1 Å². The predicted octanol–water partition coefficient (Wildman–Crippen LogP) is 2.48. The fourth-order valence-electron chi connectivity index (χ4n) is 1.43. The molecule has 1 aromatic heterocycles. The van der Waals surface area contributed by atoms with Crippen molar-refractivity contribution < 1.29 is 9.15 Å². The highest BCUT2D eigenvalue weighted by Crippen LogP contribution is 2.28. The first-order chi connectivity index (χ1) is 6.27. The number of rotatable bonds is 2. The highest BCUT2D eigenvalue weighted by molar-refractivity contribution is 6.20. The van der Waals surface area contributed by atoms with E-state index in [2.05, 4.69) is 4.98 Å². The largest absolute Gasteiger partial charge is 0.444 e. The molecule has 0 aromatic carbocycles. The van der Waals surface area contributed by atoms with Gasteiger partial charge in [-0.05, 0) is 13.3 Å². The van der Waals surface area contributed by atoms with Crippen LogP contribution >= 0.6 is 11.6 Å². The predicted molar refractivity (Wildman–Crippen MR) is 48.9 cm³/mol. The second kappa shape index (κ2) is 3.68. The average Bonchev–Trinajstić information content (AvgIpc) is 2.75. The van der Waals surface area contributed by atoms with Gasteiger partial charge in [0, 0.05) is 12.5 Å². The normalized spacial score (nSPS) is 24.9. The van der Waals surface area contributed by atoms with Crippen LogP contribution in [0.5, 0.6) is 0 Å². The molecule has 0 bridgehead atoms. The molecule has 0 radical (unpaired) electrons. The molecule has 1 fully saturated rings. The van der Waals surface area contributed by atoms with Gasteiger partial charge >= 0.3 is 0 Å². The lowest BCUT2D eigenvalue weighted by Gasteiger charge is -2.01. The quantitative estimate of drug-likeness (QED) is 0.690. The third kappa shape index (κ3) is 1.86. The van der Waals surface area contributed by atoms with Gasteiger partial charge in [0.2, 0.25) is 5.89 Å². The summed E-state index contributed by atoms with van der Waals surface area (Å²) in [6.07, 6.45) is 2.78. The molecule has 1 aliphatic heterocycles. The molecule has 1 aliphatic rings. The van der Waals surface area contributed by atoms with Crippen LogP contribution in [0.15, 0.2) is 10.6 Å². The van der Waals surface area contributed by atoms with Crippen LogP contribution in [0.3, 0.4) is 0 Å². The molecule has 0 N–H and O–H groups in total. The van der Waals surface area contributed by atoms with E-state index in [9.17, 15) is 0 Å². The smallest absolute Gasteiger partial charge is 0.212 e. The fraction of sp³-hybridized carbons (Fsp3) is 0.667. The third-order valence-corrected chi connectivity index (χ3v) is 2.40. The average molecular weight is 202 g/mol. The van der Waals surface area contributed by atoms with Crippen LogP contribution in [-0.2, 0) is 4.74 Å². The van der Waals surface area contributed by atoms with Gasteiger partial charge in [0.15, 0.2) is 0 Å². The van der Waals surface area contributed by atoms with E-state index in [1.165, 1.54) is 0 Å². The second-order valence-electron chi connectivity index (χ2n) is 3.28. The number of oxazole rings is 1. The Morgan fingerprint density at radius 3 is 3.08 bits per heavy atom. The molecule has 0 amide bonds. The Morgan fingerprint density at radius 2 is 2.54 bits per heavy atom. The third-order valence-electron chi connectivity index (χ3n) is 2.21. The molecule has 2 atom stereocenters. The molecule has 2 heterocycles. The van der Waals surface area contributed by atoms with Gasteiger partial charge in [-0.25, -0.2) is 4.98 Å². The van der Waals surface area contributed by atoms with Gasteiger partial charge in [-0.2, -0.15) is 0 Å². The molecule has 2 unspecified atom stereocenters. The van der Waals surface area contributed by atoms with E-state index in [1.807, 2.05) is 6.92 Å². The summed E-state index contributed by atoms with van der Waals surface area (Å²) in [5.74, 6) is 1.88. The number of aromatic nitrogens is 1. The molecule has 3 nitrogen and oxygen atoms in total. The molecule has 0 aliphatic carbocycles. The number of ether oxygens (including phenoxy) is 1. The summed E-state index contributed by atoms with van der Waals surface area (Å²) in [7, 11) is 0. The molecular formula is C9H12ClNO2. The van der Waals surface area contributed by atoms with Crippen molar-refractivity contribution >= 4 is 11.6 Å². The second-order valence-corrected chi connectivity index (χ2v) is 3.93. The zero-order valence-corrected chi connectivity index (χ0v) is 8.25. The lowest BCUT2D eigenvalue weighted by atomic mass is 10.1. The standard InChI is InChI=1S/C9H12ClNO2/c1-6(10)9-11-4-8(13-9)7-2-3-12-5-7/h4,6-7H,2-3,5H2,1H3. The first-order valence-electron chi connectivity index (χ1n) is 4.45. The molecule has 0 saturated carbocycles. The van der Waals surface area contributed by atoms with E-state index in [1.54, 1.807) is 6.20 Å². The minimum Gasteiger partial charge on any atom is -0.444 e. The van der Waals surface area contributed by atoms with Crippen molar-refractivity contribution in [3.05, 3.63) is 17.8 Å². The molecule has 4 heteroatoms. The topological polar surface area (TPSA) is 35.3 Å². The summed E-state index contributed by atoms with van der Waals surface area (Å²) >= 11 is 5.84. The number of alkyl halides is 1. The molecule has 0 spiro atoms. The van der Waals surface area contributed by atoms with Gasteiger partial charge in [-0.1, -0.05) is 0 Å². The van der Waals surface area contributed by atoms with Crippen molar-refractivity contribution in [1.29, 1.82) is 0 Å². The van der Waals surface area contributed by atoms with Crippen molar-refractivity contribution in [2.45, 2.75) is 24.6 Å². The Balaban J connectivity index is 2.12. The molecule has 72 valence electrons. The lowest BCUT2D eigenvalue weighted by Crippen LogP contribution is -1.94. The summed E-state index contributed by atoms with van der Waals surface area (Å²) in [5, 5.41) is -0.156. The summed E-state index contributed by atoms with van der Waals surface area (Å²) in [6.45, 7) is 3.41. The number of nitrogens with zero attached hydrogens (tertiary/aromatic N) is 1. The monoisotopic (exact) mass is 201 g/mol. The maximum absolute atomic E-state index is 5.84. The number of halogens is 1. The maximum atomic E-state index is 5.84. The van der Waals surface area contributed by atoms with Gasteiger partial charge in [-0.3, -0.25) is 0 Å². The van der Waals surface area contributed by atoms with E-state index in [-0.39, 0.29) is 5.38 Å². The van der Waals surface area contributed by atoms with Crippen LogP contribution in [-0.4, -0.2) is 18.2 Å². The van der Waals surface area contributed by atoms with Gasteiger partial charge in [0.25, 0.3) is 0 Å². The minimum absolute atomic E-state index is 0.156. The SMILES string of the molecule is CC(Cl)c1ncc(C2CCOC2)o1. The summed E-state index contributed by atoms with van der Waals surface area (Å²) in [6, 6.07) is 0. The lowest BCUT2D eigenvalue weighted by molar-refractivity contribution is 0.191. The van der Waals surface area contributed by atoms with Crippen LogP contribution < -0.4 is 0 Å². The highest BCUT2D eigenvalue weighted by atomic mass is 35.5. The zero-order valence-electron chi connectivity index (χ0n) is 7.50. The number of hydrogen-bond donors (Lipinski definition) is 0. The van der Waals surface area contributed by atoms with Crippen LogP contribution in [0, 0.1) is 0 Å². The Kier molecular flexibility index (Phi) is 2.56. The van der Waals surface area contributed by atoms with Crippen LogP contribution in [0.4, 0.5) is 0 Å². The van der Waals surface area contributed by atoms with Gasteiger partial charge in [-0.15, -0.1) is 11.6 Å². The van der Waals surface area contributed by atoms with E-state index < -0.39 is 0 Å². The van der Waals surface area contributed by atoms with Crippen molar-refractivity contribution in [1.82, 2.24) is 4.98 Å². The molecule has 2 rings (SSSR count). The fourth-order valence-corrected chi connectivity index (χ4v) is 1.53. The highest BCUT2D eigenvalue weighted by Gasteiger charge is 2.22. The maximum Gasteiger partial charge on any atom is 0.212 e. The molecule has 13 heavy (non-hydrogen) atoms. The van der Waals surface area contributed by atoms with Gasteiger partial charge in [0.05, 0.1) is 12.8 Å². The van der Waals surface area contributed by atoms with Crippen molar-refractivity contribution in [3.8, 4) is 0 Å². The first kappa shape index (κ1) is 9.03. The molecule has 1 aromatic rings. The van der Waals surface area contributed by atoms with Crippen LogP contribution in [0.1, 0.15) is 36.3 Å². The van der Waals surface area contributed by atoms with Gasteiger partial charge < -0.3 is 9.15 Å². The Bertz CT molecular complexity index is 279. The van der Waals surface area contributed by atoms with E-state index in [0.717, 1.165) is 25.4 Å².